The number of carbonyl (C=O) groups excluding carboxylic acids is 1. The molecule has 1 amide bonds. The van der Waals surface area contributed by atoms with E-state index in [2.05, 4.69) is 36.8 Å². The maximum Gasteiger partial charge on any atom is 0.274 e. The number of benzene rings is 1. The van der Waals surface area contributed by atoms with Gasteiger partial charge in [-0.05, 0) is 52.5 Å². The maximum atomic E-state index is 12.8. The van der Waals surface area contributed by atoms with E-state index in [-0.39, 0.29) is 5.91 Å². The van der Waals surface area contributed by atoms with Crippen molar-refractivity contribution in [2.75, 3.05) is 0 Å². The van der Waals surface area contributed by atoms with Crippen molar-refractivity contribution in [3.05, 3.63) is 62.8 Å². The zero-order valence-electron chi connectivity index (χ0n) is 11.3. The molecule has 1 aliphatic rings. The topological polar surface area (TPSA) is 33.2 Å². The monoisotopic (exact) mass is 408 g/mol. The van der Waals surface area contributed by atoms with Gasteiger partial charge in [0.05, 0.1) is 0 Å². The molecule has 1 fully saturated rings. The molecule has 1 saturated carbocycles. The molecule has 5 heteroatoms. The van der Waals surface area contributed by atoms with Crippen molar-refractivity contribution in [2.24, 2.45) is 0 Å². The van der Waals surface area contributed by atoms with E-state index < -0.39 is 0 Å². The molecule has 0 radical (unpaired) electrons. The summed E-state index contributed by atoms with van der Waals surface area (Å²) in [6, 6.07) is 12.0. The van der Waals surface area contributed by atoms with Crippen molar-refractivity contribution in [1.29, 1.82) is 0 Å². The average molecular weight is 410 g/mol. The summed E-state index contributed by atoms with van der Waals surface area (Å²) in [7, 11) is 0. The Labute approximate surface area is 140 Å². The van der Waals surface area contributed by atoms with Crippen molar-refractivity contribution in [3.63, 3.8) is 0 Å². The molecule has 1 aliphatic carbocycles. The third kappa shape index (κ3) is 3.35. The van der Waals surface area contributed by atoms with E-state index in [4.69, 9.17) is 0 Å². The van der Waals surface area contributed by atoms with Crippen LogP contribution in [0.25, 0.3) is 0 Å². The number of amides is 1. The lowest BCUT2D eigenvalue weighted by molar-refractivity contribution is 0.0722. The molecule has 0 N–H and O–H groups in total. The molecule has 0 bridgehead atoms. The van der Waals surface area contributed by atoms with Gasteiger partial charge in [0, 0.05) is 27.7 Å². The van der Waals surface area contributed by atoms with E-state index in [9.17, 15) is 4.79 Å². The number of rotatable bonds is 4. The largest absolute Gasteiger partial charge is 0.330 e. The van der Waals surface area contributed by atoms with Gasteiger partial charge in [-0.3, -0.25) is 4.79 Å². The molecule has 0 aliphatic heterocycles. The fraction of sp³-hybridized carbons (Fsp3) is 0.250. The first kappa shape index (κ1) is 14.7. The normalized spacial score (nSPS) is 14.0. The van der Waals surface area contributed by atoms with Crippen LogP contribution in [0.5, 0.6) is 0 Å². The van der Waals surface area contributed by atoms with Gasteiger partial charge in [-0.15, -0.1) is 0 Å². The first-order valence-electron chi connectivity index (χ1n) is 6.81. The van der Waals surface area contributed by atoms with Gasteiger partial charge >= 0.3 is 0 Å². The Kier molecular flexibility index (Phi) is 4.40. The molecule has 0 saturated heterocycles. The standard InChI is InChI=1S/C16H14Br2N2O/c17-13-5-2-1-4-11(13)10-20(12-7-8-12)16(21)15-14(18)6-3-9-19-15/h1-6,9,12H,7-8,10H2. The van der Waals surface area contributed by atoms with E-state index >= 15 is 0 Å². The number of halogens is 2. The van der Waals surface area contributed by atoms with E-state index in [1.807, 2.05) is 41.3 Å². The molecule has 1 aromatic carbocycles. The molecule has 3 nitrogen and oxygen atoms in total. The summed E-state index contributed by atoms with van der Waals surface area (Å²) in [4.78, 5) is 18.9. The fourth-order valence-corrected chi connectivity index (χ4v) is 3.08. The van der Waals surface area contributed by atoms with Crippen molar-refractivity contribution < 1.29 is 4.79 Å². The summed E-state index contributed by atoms with van der Waals surface area (Å²) in [6.07, 6.45) is 3.79. The molecule has 0 atom stereocenters. The zero-order chi connectivity index (χ0) is 14.8. The average Bonchev–Trinajstić information content (AvgIpc) is 3.31. The summed E-state index contributed by atoms with van der Waals surface area (Å²) < 4.78 is 1.77. The molecule has 1 heterocycles. The van der Waals surface area contributed by atoms with E-state index in [0.29, 0.717) is 18.3 Å². The van der Waals surface area contributed by atoms with Crippen LogP contribution in [0.3, 0.4) is 0 Å². The van der Waals surface area contributed by atoms with Crippen LogP contribution in [0.2, 0.25) is 0 Å². The van der Waals surface area contributed by atoms with Crippen LogP contribution in [0.15, 0.2) is 51.5 Å². The van der Waals surface area contributed by atoms with Gasteiger partial charge in [0.1, 0.15) is 5.69 Å². The predicted molar refractivity (Wildman–Crippen MR) is 89.0 cm³/mol. The maximum absolute atomic E-state index is 12.8. The van der Waals surface area contributed by atoms with Crippen molar-refractivity contribution in [2.45, 2.75) is 25.4 Å². The first-order chi connectivity index (χ1) is 10.2. The third-order valence-electron chi connectivity index (χ3n) is 3.51. The van der Waals surface area contributed by atoms with Crippen LogP contribution in [0, 0.1) is 0 Å². The van der Waals surface area contributed by atoms with E-state index in [1.165, 1.54) is 0 Å². The van der Waals surface area contributed by atoms with Crippen molar-refractivity contribution in [3.8, 4) is 0 Å². The van der Waals surface area contributed by atoms with Crippen molar-refractivity contribution in [1.82, 2.24) is 9.88 Å². The van der Waals surface area contributed by atoms with Crippen molar-refractivity contribution >= 4 is 37.8 Å². The Morgan fingerprint density at radius 2 is 1.86 bits per heavy atom. The zero-order valence-corrected chi connectivity index (χ0v) is 14.5. The van der Waals surface area contributed by atoms with Crippen LogP contribution < -0.4 is 0 Å². The number of aromatic nitrogens is 1. The summed E-state index contributed by atoms with van der Waals surface area (Å²) in [6.45, 7) is 0.605. The molecule has 2 aromatic rings. The van der Waals surface area contributed by atoms with Gasteiger partial charge < -0.3 is 4.90 Å². The van der Waals surface area contributed by atoms with Gasteiger partial charge in [0.25, 0.3) is 5.91 Å². The number of carbonyl (C=O) groups is 1. The Hall–Kier alpha value is -1.20. The van der Waals surface area contributed by atoms with Crippen LogP contribution >= 0.6 is 31.9 Å². The molecule has 1 aromatic heterocycles. The minimum absolute atomic E-state index is 0.0132. The molecular weight excluding hydrogens is 396 g/mol. The molecule has 108 valence electrons. The third-order valence-corrected chi connectivity index (χ3v) is 4.92. The second-order valence-electron chi connectivity index (χ2n) is 5.09. The lowest BCUT2D eigenvalue weighted by Gasteiger charge is -2.23. The first-order valence-corrected chi connectivity index (χ1v) is 8.40. The highest BCUT2D eigenvalue weighted by Gasteiger charge is 2.34. The van der Waals surface area contributed by atoms with Crippen LogP contribution in [0.1, 0.15) is 28.9 Å². The van der Waals surface area contributed by atoms with E-state index in [0.717, 1.165) is 27.4 Å². The number of nitrogens with zero attached hydrogens (tertiary/aromatic N) is 2. The fourth-order valence-electron chi connectivity index (χ4n) is 2.24. The van der Waals surface area contributed by atoms with Crippen LogP contribution in [-0.2, 0) is 6.54 Å². The summed E-state index contributed by atoms with van der Waals surface area (Å²) >= 11 is 6.97. The Balaban J connectivity index is 1.87. The highest BCUT2D eigenvalue weighted by Crippen LogP contribution is 2.31. The SMILES string of the molecule is O=C(c1ncccc1Br)N(Cc1ccccc1Br)C1CC1. The van der Waals surface area contributed by atoms with Gasteiger partial charge in [-0.2, -0.15) is 0 Å². The molecular formula is C16H14Br2N2O. The second kappa shape index (κ2) is 6.28. The highest BCUT2D eigenvalue weighted by molar-refractivity contribution is 9.10. The highest BCUT2D eigenvalue weighted by atomic mass is 79.9. The minimum atomic E-state index is -0.0132. The smallest absolute Gasteiger partial charge is 0.274 e. The summed E-state index contributed by atoms with van der Waals surface area (Å²) in [5, 5.41) is 0. The molecule has 0 spiro atoms. The molecule has 21 heavy (non-hydrogen) atoms. The van der Waals surface area contributed by atoms with Gasteiger partial charge in [-0.25, -0.2) is 4.98 Å². The van der Waals surface area contributed by atoms with Crippen LogP contribution in [-0.4, -0.2) is 21.8 Å². The quantitative estimate of drug-likeness (QED) is 0.749. The Bertz CT molecular complexity index is 671. The minimum Gasteiger partial charge on any atom is -0.330 e. The predicted octanol–water partition coefficient (Wildman–Crippen LogP) is 4.41. The lowest BCUT2D eigenvalue weighted by atomic mass is 10.2. The Morgan fingerprint density at radius 3 is 2.52 bits per heavy atom. The Morgan fingerprint density at radius 1 is 1.14 bits per heavy atom. The van der Waals surface area contributed by atoms with E-state index in [1.54, 1.807) is 6.20 Å². The van der Waals surface area contributed by atoms with Gasteiger partial charge in [0.15, 0.2) is 0 Å². The number of hydrogen-bond donors (Lipinski definition) is 0. The van der Waals surface area contributed by atoms with Gasteiger partial charge in [-0.1, -0.05) is 34.1 Å². The number of pyridine rings is 1. The van der Waals surface area contributed by atoms with Crippen LogP contribution in [0.4, 0.5) is 0 Å². The summed E-state index contributed by atoms with van der Waals surface area (Å²) in [5.41, 5.74) is 1.60. The lowest BCUT2D eigenvalue weighted by Crippen LogP contribution is -2.33. The van der Waals surface area contributed by atoms with Gasteiger partial charge in [0.2, 0.25) is 0 Å². The summed E-state index contributed by atoms with van der Waals surface area (Å²) in [5.74, 6) is -0.0132. The molecule has 3 rings (SSSR count). The second-order valence-corrected chi connectivity index (χ2v) is 6.80. The number of hydrogen-bond acceptors (Lipinski definition) is 2. The molecule has 0 unspecified atom stereocenters.